The minimum absolute atomic E-state index is 0.0194. The lowest BCUT2D eigenvalue weighted by atomic mass is 9.88. The lowest BCUT2D eigenvalue weighted by Gasteiger charge is -2.22. The average molecular weight is 568 g/mol. The van der Waals surface area contributed by atoms with Crippen molar-refractivity contribution in [3.05, 3.63) is 70.1 Å². The molecule has 1 aliphatic carbocycles. The molecule has 0 aliphatic heterocycles. The summed E-state index contributed by atoms with van der Waals surface area (Å²) < 4.78 is 15.9. The highest BCUT2D eigenvalue weighted by atomic mass is 35.5. The average Bonchev–Trinajstić information content (AvgIpc) is 3.64. The van der Waals surface area contributed by atoms with E-state index >= 15 is 0 Å². The van der Waals surface area contributed by atoms with Gasteiger partial charge in [0.25, 0.3) is 0 Å². The molecule has 0 saturated heterocycles. The highest BCUT2D eigenvalue weighted by Gasteiger charge is 2.34. The fraction of sp³-hybridized carbons (Fsp3) is 0.419. The molecule has 0 bridgehead atoms. The monoisotopic (exact) mass is 567 g/mol. The first-order valence-corrected chi connectivity index (χ1v) is 13.8. The van der Waals surface area contributed by atoms with Crippen molar-refractivity contribution in [3.63, 3.8) is 0 Å². The number of carbonyl (C=O) groups excluding carboxylic acids is 4. The smallest absolute Gasteiger partial charge is 0.243 e. The molecule has 0 atom stereocenters. The van der Waals surface area contributed by atoms with Crippen molar-refractivity contribution in [2.24, 2.45) is 5.41 Å². The van der Waals surface area contributed by atoms with Crippen LogP contribution in [0.2, 0.25) is 5.02 Å². The number of halogens is 2. The number of carbonyl (C=O) groups is 4. The van der Waals surface area contributed by atoms with Gasteiger partial charge >= 0.3 is 0 Å². The van der Waals surface area contributed by atoms with Crippen molar-refractivity contribution in [2.75, 3.05) is 6.54 Å². The second-order valence-corrected chi connectivity index (χ2v) is 12.2. The van der Waals surface area contributed by atoms with Crippen molar-refractivity contribution in [3.8, 4) is 0 Å². The zero-order valence-electron chi connectivity index (χ0n) is 23.4. The van der Waals surface area contributed by atoms with Crippen molar-refractivity contribution in [1.29, 1.82) is 0 Å². The Kier molecular flexibility index (Phi) is 8.78. The molecular weight excluding hydrogens is 533 g/mol. The Morgan fingerprint density at radius 2 is 1.85 bits per heavy atom. The Labute approximate surface area is 238 Å². The minimum atomic E-state index is -0.581. The summed E-state index contributed by atoms with van der Waals surface area (Å²) in [5.41, 5.74) is 2.17. The van der Waals surface area contributed by atoms with Crippen molar-refractivity contribution in [1.82, 2.24) is 14.8 Å². The van der Waals surface area contributed by atoms with Crippen molar-refractivity contribution in [2.45, 2.75) is 72.5 Å². The number of hydrogen-bond donors (Lipinski definition) is 1. The Morgan fingerprint density at radius 1 is 1.12 bits per heavy atom. The normalized spacial score (nSPS) is 13.3. The van der Waals surface area contributed by atoms with Gasteiger partial charge in [0.05, 0.1) is 11.6 Å². The van der Waals surface area contributed by atoms with Crippen LogP contribution in [0.3, 0.4) is 0 Å². The van der Waals surface area contributed by atoms with E-state index in [0.717, 1.165) is 18.4 Å². The molecule has 1 aromatic heterocycles. The van der Waals surface area contributed by atoms with Gasteiger partial charge in [-0.3, -0.25) is 19.2 Å². The van der Waals surface area contributed by atoms with E-state index in [1.165, 1.54) is 13.0 Å². The molecule has 0 spiro atoms. The number of nitrogens with zero attached hydrogens (tertiary/aromatic N) is 2. The molecule has 3 aromatic rings. The molecule has 1 saturated carbocycles. The summed E-state index contributed by atoms with van der Waals surface area (Å²) in [7, 11) is 0. The molecule has 0 radical (unpaired) electrons. The first kappa shape index (κ1) is 29.5. The predicted octanol–water partition coefficient (Wildman–Crippen LogP) is 5.49. The summed E-state index contributed by atoms with van der Waals surface area (Å²) in [6.07, 6.45) is 4.01. The Morgan fingerprint density at radius 3 is 2.50 bits per heavy atom. The Balaban J connectivity index is 1.48. The predicted molar refractivity (Wildman–Crippen MR) is 153 cm³/mol. The number of aromatic nitrogens is 1. The topological polar surface area (TPSA) is 88.5 Å². The van der Waals surface area contributed by atoms with E-state index in [0.29, 0.717) is 22.9 Å². The summed E-state index contributed by atoms with van der Waals surface area (Å²) in [6, 6.07) is 10.1. The standard InChI is InChI=1S/C31H35ClFN3O4/c1-19(37)25-16-35(27-11-8-20(13-24(25)27)12-23(38)14-31(2,3)4)18-29(40)36(22-9-10-22)17-28(39)34-15-21-6-5-7-26(32)30(21)33/h5-8,11,13,16,22H,9-10,12,14-15,17-18H2,1-4H3,(H,34,39). The van der Waals surface area contributed by atoms with Crippen LogP contribution < -0.4 is 5.32 Å². The molecular formula is C31H35ClFN3O4. The molecule has 1 N–H and O–H groups in total. The summed E-state index contributed by atoms with van der Waals surface area (Å²) in [5.74, 6) is -1.24. The van der Waals surface area contributed by atoms with Crippen LogP contribution in [0, 0.1) is 11.2 Å². The van der Waals surface area contributed by atoms with E-state index in [-0.39, 0.29) is 65.6 Å². The molecule has 2 aromatic carbocycles. The van der Waals surface area contributed by atoms with E-state index < -0.39 is 11.7 Å². The summed E-state index contributed by atoms with van der Waals surface area (Å²) in [4.78, 5) is 52.6. The maximum Gasteiger partial charge on any atom is 0.243 e. The lowest BCUT2D eigenvalue weighted by Crippen LogP contribution is -2.43. The number of nitrogens with one attached hydrogen (secondary N) is 1. The third kappa shape index (κ3) is 7.36. The molecule has 9 heteroatoms. The summed E-state index contributed by atoms with van der Waals surface area (Å²) >= 11 is 5.82. The SMILES string of the molecule is CC(=O)c1cn(CC(=O)N(CC(=O)NCc2cccc(Cl)c2F)C2CC2)c2ccc(CC(=O)CC(C)(C)C)cc12. The molecule has 2 amide bonds. The van der Waals surface area contributed by atoms with Crippen LogP contribution in [-0.4, -0.2) is 45.4 Å². The molecule has 212 valence electrons. The van der Waals surface area contributed by atoms with Crippen molar-refractivity contribution < 1.29 is 23.6 Å². The summed E-state index contributed by atoms with van der Waals surface area (Å²) in [5, 5.41) is 3.35. The second-order valence-electron chi connectivity index (χ2n) is 11.8. The maximum absolute atomic E-state index is 14.2. The van der Waals surface area contributed by atoms with Gasteiger partial charge < -0.3 is 14.8 Å². The van der Waals surface area contributed by atoms with Crippen LogP contribution in [0.1, 0.15) is 68.4 Å². The van der Waals surface area contributed by atoms with Crippen LogP contribution in [0.15, 0.2) is 42.6 Å². The van der Waals surface area contributed by atoms with Gasteiger partial charge in [-0.25, -0.2) is 4.39 Å². The first-order chi connectivity index (χ1) is 18.8. The number of Topliss-reactive ketones (excluding diaryl/α,β-unsaturated/α-hetero) is 2. The molecule has 7 nitrogen and oxygen atoms in total. The van der Waals surface area contributed by atoms with E-state index in [9.17, 15) is 23.6 Å². The highest BCUT2D eigenvalue weighted by Crippen LogP contribution is 2.29. The number of fused-ring (bicyclic) bond motifs is 1. The minimum Gasteiger partial charge on any atom is -0.350 e. The third-order valence-corrected chi connectivity index (χ3v) is 7.18. The van der Waals surface area contributed by atoms with E-state index in [1.807, 2.05) is 39.0 Å². The zero-order valence-corrected chi connectivity index (χ0v) is 24.1. The van der Waals surface area contributed by atoms with Gasteiger partial charge in [0.1, 0.15) is 18.1 Å². The fourth-order valence-corrected chi connectivity index (χ4v) is 5.07. The number of rotatable bonds is 11. The molecule has 4 rings (SSSR count). The van der Waals surface area contributed by atoms with Gasteiger partial charge in [-0.1, -0.05) is 50.6 Å². The van der Waals surface area contributed by atoms with Gasteiger partial charge in [-0.15, -0.1) is 0 Å². The van der Waals surface area contributed by atoms with Crippen LogP contribution in [-0.2, 0) is 33.9 Å². The number of ketones is 2. The van der Waals surface area contributed by atoms with Crippen molar-refractivity contribution >= 4 is 45.9 Å². The Hall–Kier alpha value is -3.52. The molecule has 1 fully saturated rings. The molecule has 40 heavy (non-hydrogen) atoms. The number of benzene rings is 2. The maximum atomic E-state index is 14.2. The molecule has 0 unspecified atom stereocenters. The van der Waals surface area contributed by atoms with Gasteiger partial charge in [-0.2, -0.15) is 0 Å². The first-order valence-electron chi connectivity index (χ1n) is 13.5. The van der Waals surface area contributed by atoms with Gasteiger partial charge in [0.15, 0.2) is 5.78 Å². The number of amides is 2. The van der Waals surface area contributed by atoms with Crippen LogP contribution >= 0.6 is 11.6 Å². The van der Waals surface area contributed by atoms with Gasteiger partial charge in [0.2, 0.25) is 11.8 Å². The molecule has 1 aliphatic rings. The van der Waals surface area contributed by atoms with E-state index in [1.54, 1.807) is 27.8 Å². The van der Waals surface area contributed by atoms with Gasteiger partial charge in [0, 0.05) is 53.7 Å². The highest BCUT2D eigenvalue weighted by molar-refractivity contribution is 6.30. The lowest BCUT2D eigenvalue weighted by molar-refractivity contribution is -0.137. The summed E-state index contributed by atoms with van der Waals surface area (Å²) in [6.45, 7) is 7.31. The van der Waals surface area contributed by atoms with Crippen LogP contribution in [0.4, 0.5) is 4.39 Å². The fourth-order valence-electron chi connectivity index (χ4n) is 4.88. The zero-order chi connectivity index (χ0) is 29.2. The molecule has 1 heterocycles. The number of hydrogen-bond acceptors (Lipinski definition) is 4. The largest absolute Gasteiger partial charge is 0.350 e. The van der Waals surface area contributed by atoms with Crippen LogP contribution in [0.25, 0.3) is 10.9 Å². The van der Waals surface area contributed by atoms with Gasteiger partial charge in [-0.05, 0) is 48.9 Å². The quantitative estimate of drug-likeness (QED) is 0.310. The van der Waals surface area contributed by atoms with E-state index in [2.05, 4.69) is 5.32 Å². The second kappa shape index (κ2) is 11.9. The van der Waals surface area contributed by atoms with Crippen LogP contribution in [0.5, 0.6) is 0 Å². The Bertz CT molecular complexity index is 1470. The third-order valence-electron chi connectivity index (χ3n) is 6.89. The van der Waals surface area contributed by atoms with E-state index in [4.69, 9.17) is 11.6 Å².